The SMILES string of the molecule is CC(C)[Si](c1nc2c(Br)cccc2s1)(C(C)C)C(C)C. The van der Waals surface area contributed by atoms with E-state index in [0.29, 0.717) is 16.6 Å². The summed E-state index contributed by atoms with van der Waals surface area (Å²) in [6, 6.07) is 6.40. The highest BCUT2D eigenvalue weighted by atomic mass is 79.9. The number of fused-ring (bicyclic) bond motifs is 1. The Morgan fingerprint density at radius 1 is 1.00 bits per heavy atom. The highest BCUT2D eigenvalue weighted by Gasteiger charge is 2.47. The first-order valence-corrected chi connectivity index (χ1v) is 11.2. The number of hydrogen-bond acceptors (Lipinski definition) is 2. The van der Waals surface area contributed by atoms with Gasteiger partial charge in [0.05, 0.1) is 14.8 Å². The number of rotatable bonds is 4. The predicted octanol–water partition coefficient (Wildman–Crippen LogP) is 5.94. The maximum atomic E-state index is 5.08. The molecule has 0 bridgehead atoms. The van der Waals surface area contributed by atoms with E-state index in [4.69, 9.17) is 4.98 Å². The first-order valence-electron chi connectivity index (χ1n) is 7.37. The Labute approximate surface area is 136 Å². The van der Waals surface area contributed by atoms with Crippen LogP contribution >= 0.6 is 27.3 Å². The Balaban J connectivity index is 2.72. The molecular formula is C16H24BrNSSi. The summed E-state index contributed by atoms with van der Waals surface area (Å²) < 4.78 is 3.87. The van der Waals surface area contributed by atoms with Gasteiger partial charge in [-0.05, 0) is 44.7 Å². The van der Waals surface area contributed by atoms with Crippen molar-refractivity contribution in [2.24, 2.45) is 0 Å². The standard InChI is InChI=1S/C16H24BrNSSi/c1-10(2)20(11(3)4,12(5)6)16-18-15-13(17)8-7-9-14(15)19-16/h7-12H,1-6H3. The summed E-state index contributed by atoms with van der Waals surface area (Å²) in [7, 11) is -1.62. The van der Waals surface area contributed by atoms with Gasteiger partial charge in [0.1, 0.15) is 8.07 Å². The van der Waals surface area contributed by atoms with Crippen LogP contribution in [-0.4, -0.2) is 13.1 Å². The van der Waals surface area contributed by atoms with Crippen molar-refractivity contribution in [2.45, 2.75) is 58.2 Å². The lowest BCUT2D eigenvalue weighted by molar-refractivity contribution is 0.834. The number of benzene rings is 1. The highest BCUT2D eigenvalue weighted by Crippen LogP contribution is 2.42. The Bertz CT molecular complexity index is 582. The van der Waals surface area contributed by atoms with E-state index in [2.05, 4.69) is 75.7 Å². The maximum absolute atomic E-state index is 5.08. The van der Waals surface area contributed by atoms with Crippen molar-refractivity contribution in [1.82, 2.24) is 4.98 Å². The Morgan fingerprint density at radius 2 is 1.55 bits per heavy atom. The molecular weight excluding hydrogens is 346 g/mol. The smallest absolute Gasteiger partial charge is 0.131 e. The lowest BCUT2D eigenvalue weighted by atomic mass is 10.3. The Kier molecular flexibility index (Phi) is 4.77. The molecule has 1 nitrogen and oxygen atoms in total. The average Bonchev–Trinajstić information content (AvgIpc) is 2.73. The van der Waals surface area contributed by atoms with Gasteiger partial charge in [-0.2, -0.15) is 0 Å². The molecule has 0 radical (unpaired) electrons. The minimum atomic E-state index is -1.62. The molecule has 1 aromatic heterocycles. The van der Waals surface area contributed by atoms with E-state index in [0.717, 1.165) is 9.99 Å². The molecule has 0 spiro atoms. The van der Waals surface area contributed by atoms with Crippen LogP contribution in [0.2, 0.25) is 16.6 Å². The lowest BCUT2D eigenvalue weighted by Crippen LogP contribution is -2.55. The van der Waals surface area contributed by atoms with Crippen LogP contribution in [0, 0.1) is 0 Å². The van der Waals surface area contributed by atoms with Crippen LogP contribution in [0.15, 0.2) is 22.7 Å². The van der Waals surface area contributed by atoms with E-state index in [1.807, 2.05) is 11.3 Å². The summed E-state index contributed by atoms with van der Waals surface area (Å²) in [6.45, 7) is 14.4. The summed E-state index contributed by atoms with van der Waals surface area (Å²) in [5.74, 6) is 0. The van der Waals surface area contributed by atoms with E-state index in [1.165, 1.54) is 9.33 Å². The molecule has 110 valence electrons. The first-order chi connectivity index (χ1) is 9.31. The van der Waals surface area contributed by atoms with Crippen molar-refractivity contribution in [1.29, 1.82) is 0 Å². The predicted molar refractivity (Wildman–Crippen MR) is 98.0 cm³/mol. The Hall–Kier alpha value is -0.193. The quantitative estimate of drug-likeness (QED) is 0.607. The third-order valence-corrected chi connectivity index (χ3v) is 14.0. The van der Waals surface area contributed by atoms with E-state index in [-0.39, 0.29) is 0 Å². The first kappa shape index (κ1) is 16.2. The monoisotopic (exact) mass is 369 g/mol. The molecule has 2 rings (SSSR count). The molecule has 4 heteroatoms. The number of aromatic nitrogens is 1. The third kappa shape index (κ3) is 2.40. The Morgan fingerprint density at radius 3 is 2.00 bits per heavy atom. The van der Waals surface area contributed by atoms with Crippen LogP contribution in [0.5, 0.6) is 0 Å². The third-order valence-electron chi connectivity index (χ3n) is 4.61. The largest absolute Gasteiger partial charge is 0.245 e. The molecule has 0 unspecified atom stereocenters. The summed E-state index contributed by atoms with van der Waals surface area (Å²) in [5, 5.41) is 0. The van der Waals surface area contributed by atoms with Crippen LogP contribution in [-0.2, 0) is 0 Å². The fourth-order valence-corrected chi connectivity index (χ4v) is 14.1. The molecule has 0 aliphatic rings. The van der Waals surface area contributed by atoms with Gasteiger partial charge in [-0.3, -0.25) is 0 Å². The van der Waals surface area contributed by atoms with Crippen molar-refractivity contribution in [3.05, 3.63) is 22.7 Å². The zero-order valence-corrected chi connectivity index (χ0v) is 16.6. The lowest BCUT2D eigenvalue weighted by Gasteiger charge is -2.41. The number of nitrogens with zero attached hydrogens (tertiary/aromatic N) is 1. The summed E-state index contributed by atoms with van der Waals surface area (Å²) in [5.41, 5.74) is 3.27. The summed E-state index contributed by atoms with van der Waals surface area (Å²) >= 11 is 5.57. The van der Waals surface area contributed by atoms with Gasteiger partial charge >= 0.3 is 0 Å². The number of halogens is 1. The number of hydrogen-bond donors (Lipinski definition) is 0. The summed E-state index contributed by atoms with van der Waals surface area (Å²) in [4.78, 5) is 5.08. The minimum Gasteiger partial charge on any atom is -0.245 e. The van der Waals surface area contributed by atoms with Gasteiger partial charge in [0.25, 0.3) is 0 Å². The van der Waals surface area contributed by atoms with E-state index in [1.54, 1.807) is 0 Å². The van der Waals surface area contributed by atoms with Crippen LogP contribution in [0.3, 0.4) is 0 Å². The van der Waals surface area contributed by atoms with Gasteiger partial charge < -0.3 is 0 Å². The second-order valence-electron chi connectivity index (χ2n) is 6.50. The molecule has 20 heavy (non-hydrogen) atoms. The van der Waals surface area contributed by atoms with Crippen molar-refractivity contribution in [2.75, 3.05) is 0 Å². The highest BCUT2D eigenvalue weighted by molar-refractivity contribution is 9.10. The minimum absolute atomic E-state index is 0.710. The van der Waals surface area contributed by atoms with Crippen molar-refractivity contribution < 1.29 is 0 Å². The van der Waals surface area contributed by atoms with Crippen LogP contribution in [0.4, 0.5) is 0 Å². The molecule has 0 atom stereocenters. The normalized spacial score (nSPS) is 13.1. The second-order valence-corrected chi connectivity index (χ2v) is 14.6. The number of thiazole rings is 1. The van der Waals surface area contributed by atoms with Crippen LogP contribution in [0.25, 0.3) is 10.2 Å². The maximum Gasteiger partial charge on any atom is 0.131 e. The fraction of sp³-hybridized carbons (Fsp3) is 0.562. The van der Waals surface area contributed by atoms with Gasteiger partial charge in [0.15, 0.2) is 0 Å². The van der Waals surface area contributed by atoms with Gasteiger partial charge in [0, 0.05) is 4.47 Å². The van der Waals surface area contributed by atoms with Crippen molar-refractivity contribution >= 4 is 50.2 Å². The molecule has 1 heterocycles. The molecule has 0 fully saturated rings. The molecule has 0 saturated heterocycles. The molecule has 0 aliphatic carbocycles. The zero-order chi connectivity index (χ0) is 15.1. The van der Waals surface area contributed by atoms with Gasteiger partial charge in [0.2, 0.25) is 0 Å². The van der Waals surface area contributed by atoms with Gasteiger partial charge in [-0.25, -0.2) is 4.98 Å². The fourth-order valence-electron chi connectivity index (χ4n) is 3.84. The molecule has 0 aliphatic heterocycles. The number of para-hydroxylation sites is 1. The molecule has 1 aromatic carbocycles. The van der Waals surface area contributed by atoms with E-state index >= 15 is 0 Å². The van der Waals surface area contributed by atoms with Gasteiger partial charge in [-0.1, -0.05) is 47.6 Å². The summed E-state index contributed by atoms with van der Waals surface area (Å²) in [6.07, 6.45) is 0. The second kappa shape index (κ2) is 5.89. The molecule has 0 saturated carbocycles. The van der Waals surface area contributed by atoms with Crippen molar-refractivity contribution in [3.8, 4) is 0 Å². The molecule has 0 amide bonds. The zero-order valence-electron chi connectivity index (χ0n) is 13.2. The molecule has 2 aromatic rings. The van der Waals surface area contributed by atoms with E-state index in [9.17, 15) is 0 Å². The molecule has 0 N–H and O–H groups in total. The topological polar surface area (TPSA) is 12.9 Å². The van der Waals surface area contributed by atoms with E-state index < -0.39 is 8.07 Å². The van der Waals surface area contributed by atoms with Crippen molar-refractivity contribution in [3.63, 3.8) is 0 Å². The van der Waals surface area contributed by atoms with Gasteiger partial charge in [-0.15, -0.1) is 11.3 Å². The van der Waals surface area contributed by atoms with Crippen LogP contribution < -0.4 is 4.63 Å². The van der Waals surface area contributed by atoms with Crippen LogP contribution in [0.1, 0.15) is 41.5 Å². The average molecular weight is 370 g/mol.